The molecule has 0 fully saturated rings. The number of benzene rings is 1. The Hall–Kier alpha value is -1.77. The number of hydrogen-bond donors (Lipinski definition) is 1. The SMILES string of the molecule is CCCC(=O)C=CCCc1ccc(OC)c(O)c1. The molecule has 0 saturated heterocycles. The van der Waals surface area contributed by atoms with Crippen molar-refractivity contribution in [1.29, 1.82) is 0 Å². The van der Waals surface area contributed by atoms with Crippen LogP contribution in [0.2, 0.25) is 0 Å². The van der Waals surface area contributed by atoms with E-state index in [1.165, 1.54) is 7.11 Å². The summed E-state index contributed by atoms with van der Waals surface area (Å²) in [5.74, 6) is 0.809. The summed E-state index contributed by atoms with van der Waals surface area (Å²) >= 11 is 0. The number of methoxy groups -OCH3 is 1. The minimum atomic E-state index is 0.154. The molecule has 98 valence electrons. The second-order valence-corrected chi connectivity index (χ2v) is 4.16. The van der Waals surface area contributed by atoms with E-state index in [0.29, 0.717) is 12.2 Å². The number of ketones is 1. The van der Waals surface area contributed by atoms with Gasteiger partial charge in [0.15, 0.2) is 17.3 Å². The number of phenolic OH excluding ortho intramolecular Hbond substituents is 1. The van der Waals surface area contributed by atoms with Crippen molar-refractivity contribution in [2.45, 2.75) is 32.6 Å². The number of carbonyl (C=O) groups excluding carboxylic acids is 1. The van der Waals surface area contributed by atoms with E-state index in [1.807, 2.05) is 19.1 Å². The Labute approximate surface area is 108 Å². The van der Waals surface area contributed by atoms with E-state index >= 15 is 0 Å². The number of hydrogen-bond acceptors (Lipinski definition) is 3. The molecule has 0 radical (unpaired) electrons. The Morgan fingerprint density at radius 2 is 2.22 bits per heavy atom. The highest BCUT2D eigenvalue weighted by Crippen LogP contribution is 2.26. The van der Waals surface area contributed by atoms with Crippen LogP contribution in [0.15, 0.2) is 30.4 Å². The van der Waals surface area contributed by atoms with Gasteiger partial charge in [-0.25, -0.2) is 0 Å². The average Bonchev–Trinajstić information content (AvgIpc) is 2.35. The van der Waals surface area contributed by atoms with Gasteiger partial charge in [0.2, 0.25) is 0 Å². The summed E-state index contributed by atoms with van der Waals surface area (Å²) in [5.41, 5.74) is 1.03. The van der Waals surface area contributed by atoms with Crippen LogP contribution in [0.3, 0.4) is 0 Å². The van der Waals surface area contributed by atoms with Gasteiger partial charge in [-0.3, -0.25) is 4.79 Å². The van der Waals surface area contributed by atoms with Crippen LogP contribution in [-0.4, -0.2) is 18.0 Å². The molecule has 0 aliphatic carbocycles. The van der Waals surface area contributed by atoms with Gasteiger partial charge >= 0.3 is 0 Å². The number of carbonyl (C=O) groups is 1. The Bertz CT molecular complexity index is 422. The largest absolute Gasteiger partial charge is 0.504 e. The molecule has 0 spiro atoms. The topological polar surface area (TPSA) is 46.5 Å². The van der Waals surface area contributed by atoms with Crippen molar-refractivity contribution in [2.75, 3.05) is 7.11 Å². The Balaban J connectivity index is 2.44. The van der Waals surface area contributed by atoms with Crippen molar-refractivity contribution in [2.24, 2.45) is 0 Å². The number of aryl methyl sites for hydroxylation is 1. The molecule has 1 rings (SSSR count). The van der Waals surface area contributed by atoms with Gasteiger partial charge in [-0.05, 0) is 43.0 Å². The van der Waals surface area contributed by atoms with E-state index in [0.717, 1.165) is 24.8 Å². The quantitative estimate of drug-likeness (QED) is 0.753. The van der Waals surface area contributed by atoms with E-state index in [1.54, 1.807) is 18.2 Å². The summed E-state index contributed by atoms with van der Waals surface area (Å²) in [7, 11) is 1.52. The number of rotatable bonds is 7. The highest BCUT2D eigenvalue weighted by atomic mass is 16.5. The molecule has 0 bridgehead atoms. The smallest absolute Gasteiger partial charge is 0.160 e. The number of allylic oxidation sites excluding steroid dienone is 2. The zero-order valence-electron chi connectivity index (χ0n) is 11.0. The monoisotopic (exact) mass is 248 g/mol. The first-order valence-electron chi connectivity index (χ1n) is 6.22. The predicted octanol–water partition coefficient (Wildman–Crippen LogP) is 3.26. The second-order valence-electron chi connectivity index (χ2n) is 4.16. The minimum absolute atomic E-state index is 0.154. The molecule has 0 saturated carbocycles. The van der Waals surface area contributed by atoms with Crippen molar-refractivity contribution in [1.82, 2.24) is 0 Å². The molecule has 0 aliphatic rings. The predicted molar refractivity (Wildman–Crippen MR) is 72.0 cm³/mol. The van der Waals surface area contributed by atoms with Gasteiger partial charge in [-0.2, -0.15) is 0 Å². The van der Waals surface area contributed by atoms with E-state index in [4.69, 9.17) is 4.74 Å². The zero-order chi connectivity index (χ0) is 13.4. The van der Waals surface area contributed by atoms with Crippen molar-refractivity contribution < 1.29 is 14.6 Å². The molecule has 0 aromatic heterocycles. The van der Waals surface area contributed by atoms with Gasteiger partial charge in [-0.1, -0.05) is 19.1 Å². The second kappa shape index (κ2) is 7.54. The summed E-state index contributed by atoms with van der Waals surface area (Å²) in [6, 6.07) is 5.36. The summed E-state index contributed by atoms with van der Waals surface area (Å²) in [5, 5.41) is 9.61. The fourth-order valence-electron chi connectivity index (χ4n) is 1.69. The molecule has 0 amide bonds. The van der Waals surface area contributed by atoms with Crippen LogP contribution in [0.4, 0.5) is 0 Å². The third-order valence-corrected chi connectivity index (χ3v) is 2.64. The summed E-state index contributed by atoms with van der Waals surface area (Å²) < 4.78 is 4.98. The Morgan fingerprint density at radius 1 is 1.44 bits per heavy atom. The van der Waals surface area contributed by atoms with Crippen molar-refractivity contribution in [3.63, 3.8) is 0 Å². The number of ether oxygens (including phenoxy) is 1. The molecule has 1 aromatic carbocycles. The van der Waals surface area contributed by atoms with E-state index in [9.17, 15) is 9.90 Å². The van der Waals surface area contributed by atoms with Crippen molar-refractivity contribution in [3.8, 4) is 11.5 Å². The molecule has 0 heterocycles. The third-order valence-electron chi connectivity index (χ3n) is 2.64. The third kappa shape index (κ3) is 4.62. The fraction of sp³-hybridized carbons (Fsp3) is 0.400. The normalized spacial score (nSPS) is 10.8. The van der Waals surface area contributed by atoms with Crippen LogP contribution < -0.4 is 4.74 Å². The van der Waals surface area contributed by atoms with Crippen LogP contribution in [-0.2, 0) is 11.2 Å². The van der Waals surface area contributed by atoms with Gasteiger partial charge < -0.3 is 9.84 Å². The molecule has 0 unspecified atom stereocenters. The maximum atomic E-state index is 11.2. The lowest BCUT2D eigenvalue weighted by molar-refractivity contribution is -0.114. The molecule has 3 heteroatoms. The lowest BCUT2D eigenvalue weighted by Gasteiger charge is -2.05. The van der Waals surface area contributed by atoms with Crippen LogP contribution >= 0.6 is 0 Å². The van der Waals surface area contributed by atoms with E-state index < -0.39 is 0 Å². The van der Waals surface area contributed by atoms with Gasteiger partial charge in [0.05, 0.1) is 7.11 Å². The van der Waals surface area contributed by atoms with Crippen LogP contribution in [0.1, 0.15) is 31.7 Å². The van der Waals surface area contributed by atoms with Crippen molar-refractivity contribution in [3.05, 3.63) is 35.9 Å². The van der Waals surface area contributed by atoms with Crippen molar-refractivity contribution >= 4 is 5.78 Å². The van der Waals surface area contributed by atoms with E-state index in [2.05, 4.69) is 0 Å². The van der Waals surface area contributed by atoms with Gasteiger partial charge in [0.1, 0.15) is 0 Å². The van der Waals surface area contributed by atoms with E-state index in [-0.39, 0.29) is 11.5 Å². The van der Waals surface area contributed by atoms with Crippen LogP contribution in [0.25, 0.3) is 0 Å². The van der Waals surface area contributed by atoms with Gasteiger partial charge in [-0.15, -0.1) is 0 Å². The average molecular weight is 248 g/mol. The van der Waals surface area contributed by atoms with Gasteiger partial charge in [0.25, 0.3) is 0 Å². The summed E-state index contributed by atoms with van der Waals surface area (Å²) in [4.78, 5) is 11.2. The fourth-order valence-corrected chi connectivity index (χ4v) is 1.69. The summed E-state index contributed by atoms with van der Waals surface area (Å²) in [6.07, 6.45) is 6.62. The Morgan fingerprint density at radius 3 is 2.83 bits per heavy atom. The molecule has 1 aromatic rings. The lowest BCUT2D eigenvalue weighted by atomic mass is 10.1. The molecule has 3 nitrogen and oxygen atoms in total. The lowest BCUT2D eigenvalue weighted by Crippen LogP contribution is -1.91. The first kappa shape index (κ1) is 14.3. The molecular formula is C15H20O3. The zero-order valence-corrected chi connectivity index (χ0v) is 11.0. The first-order chi connectivity index (χ1) is 8.67. The molecule has 0 atom stereocenters. The first-order valence-corrected chi connectivity index (χ1v) is 6.22. The maximum absolute atomic E-state index is 11.2. The molecular weight excluding hydrogens is 228 g/mol. The minimum Gasteiger partial charge on any atom is -0.504 e. The standard InChI is InChI=1S/C15H20O3/c1-3-6-13(16)8-5-4-7-12-9-10-15(18-2)14(17)11-12/h5,8-11,17H,3-4,6-7H2,1-2H3. The number of aromatic hydroxyl groups is 1. The molecule has 18 heavy (non-hydrogen) atoms. The maximum Gasteiger partial charge on any atom is 0.160 e. The molecule has 0 aliphatic heterocycles. The van der Waals surface area contributed by atoms with Crippen LogP contribution in [0.5, 0.6) is 11.5 Å². The van der Waals surface area contributed by atoms with Crippen LogP contribution in [0, 0.1) is 0 Å². The highest BCUT2D eigenvalue weighted by Gasteiger charge is 2.01. The highest BCUT2D eigenvalue weighted by molar-refractivity contribution is 5.89. The summed E-state index contributed by atoms with van der Waals surface area (Å²) in [6.45, 7) is 1.99. The van der Waals surface area contributed by atoms with Gasteiger partial charge in [0, 0.05) is 6.42 Å². The Kier molecular flexibility index (Phi) is 5.98. The number of phenols is 1. The molecule has 1 N–H and O–H groups in total.